The lowest BCUT2D eigenvalue weighted by molar-refractivity contribution is -0.146. The molecule has 3 heterocycles. The number of anilines is 3. The topological polar surface area (TPSA) is 138 Å². The third kappa shape index (κ3) is 3.99. The van der Waals surface area contributed by atoms with Gasteiger partial charge in [0.15, 0.2) is 0 Å². The maximum absolute atomic E-state index is 12.9. The number of aromatic nitrogens is 1. The number of nitrogens with one attached hydrogen (secondary N) is 2. The first-order valence-corrected chi connectivity index (χ1v) is 9.85. The Bertz CT molecular complexity index is 925. The molecule has 148 valence electrons. The lowest BCUT2D eigenvalue weighted by Crippen LogP contribution is -2.46. The first-order chi connectivity index (χ1) is 13.3. The van der Waals surface area contributed by atoms with E-state index in [2.05, 4.69) is 17.2 Å². The van der Waals surface area contributed by atoms with Gasteiger partial charge in [-0.2, -0.15) is 0 Å². The number of nitrogens with zero attached hydrogens (tertiary/aromatic N) is 2. The summed E-state index contributed by atoms with van der Waals surface area (Å²) < 4.78 is 0. The molecule has 2 aromatic rings. The van der Waals surface area contributed by atoms with Crippen LogP contribution in [0, 0.1) is 18.3 Å². The maximum atomic E-state index is 12.9. The van der Waals surface area contributed by atoms with Gasteiger partial charge in [-0.15, -0.1) is 11.3 Å². The van der Waals surface area contributed by atoms with E-state index in [9.17, 15) is 9.59 Å². The maximum Gasteiger partial charge on any atom is 0.313 e. The normalized spacial score (nSPS) is 19.3. The Morgan fingerprint density at radius 1 is 1.36 bits per heavy atom. The molecule has 2 aromatic heterocycles. The summed E-state index contributed by atoms with van der Waals surface area (Å²) in [6.07, 6.45) is 4.35. The van der Waals surface area contributed by atoms with Crippen molar-refractivity contribution in [2.75, 3.05) is 23.3 Å². The number of nitrogens with two attached hydrogens (primary N) is 2. The van der Waals surface area contributed by atoms with Gasteiger partial charge in [0.05, 0.1) is 28.5 Å². The summed E-state index contributed by atoms with van der Waals surface area (Å²) in [5, 5.41) is 10.1. The van der Waals surface area contributed by atoms with Gasteiger partial charge >= 0.3 is 11.8 Å². The average Bonchev–Trinajstić information content (AvgIpc) is 3.04. The number of aryl methyl sites for hydroxylation is 1. The Labute approximate surface area is 167 Å². The zero-order valence-electron chi connectivity index (χ0n) is 15.9. The number of thiophene rings is 1. The number of carbonyl (C=O) groups excluding carboxylic acids is 2. The largest absolute Gasteiger partial charge is 0.398 e. The van der Waals surface area contributed by atoms with E-state index in [1.807, 2.05) is 0 Å². The molecule has 0 bridgehead atoms. The van der Waals surface area contributed by atoms with E-state index >= 15 is 0 Å². The van der Waals surface area contributed by atoms with Crippen LogP contribution in [0.25, 0.3) is 0 Å². The highest BCUT2D eigenvalue weighted by molar-refractivity contribution is 7.14. The van der Waals surface area contributed by atoms with Crippen LogP contribution in [0.3, 0.4) is 0 Å². The van der Waals surface area contributed by atoms with Crippen LogP contribution in [-0.2, 0) is 9.59 Å². The molecule has 0 aromatic carbocycles. The second kappa shape index (κ2) is 7.97. The van der Waals surface area contributed by atoms with E-state index in [0.717, 1.165) is 23.3 Å². The van der Waals surface area contributed by atoms with Gasteiger partial charge in [0.1, 0.15) is 5.82 Å². The van der Waals surface area contributed by atoms with Crippen LogP contribution in [0.1, 0.15) is 41.1 Å². The van der Waals surface area contributed by atoms with Gasteiger partial charge < -0.3 is 27.1 Å². The SMILES string of the molecule is Cc1cc(NC(=O)C(=O)N2C[C@@H](C)CC[C@@H]2c2cc(N)c(C=N)s2)cnc1N. The summed E-state index contributed by atoms with van der Waals surface area (Å²) in [5.41, 5.74) is 13.3. The minimum atomic E-state index is -0.707. The second-order valence-electron chi connectivity index (χ2n) is 7.15. The fourth-order valence-electron chi connectivity index (χ4n) is 3.36. The van der Waals surface area contributed by atoms with Crippen molar-refractivity contribution in [2.24, 2.45) is 5.92 Å². The Morgan fingerprint density at radius 2 is 2.11 bits per heavy atom. The summed E-state index contributed by atoms with van der Waals surface area (Å²) in [6.45, 7) is 4.34. The lowest BCUT2D eigenvalue weighted by Gasteiger charge is -2.37. The van der Waals surface area contributed by atoms with Gasteiger partial charge in [0.25, 0.3) is 0 Å². The van der Waals surface area contributed by atoms with Crippen LogP contribution in [0.2, 0.25) is 0 Å². The number of carbonyl (C=O) groups is 2. The van der Waals surface area contributed by atoms with Crippen LogP contribution in [-0.4, -0.2) is 34.5 Å². The predicted octanol–water partition coefficient (Wildman–Crippen LogP) is 2.55. The Kier molecular flexibility index (Phi) is 5.64. The highest BCUT2D eigenvalue weighted by Gasteiger charge is 2.35. The monoisotopic (exact) mass is 400 g/mol. The first kappa shape index (κ1) is 19.8. The van der Waals surface area contributed by atoms with Crippen molar-refractivity contribution in [3.63, 3.8) is 0 Å². The van der Waals surface area contributed by atoms with Gasteiger partial charge in [0, 0.05) is 17.6 Å². The third-order valence-electron chi connectivity index (χ3n) is 4.92. The van der Waals surface area contributed by atoms with Gasteiger partial charge in [-0.1, -0.05) is 6.92 Å². The minimum Gasteiger partial charge on any atom is -0.398 e. The van der Waals surface area contributed by atoms with E-state index in [4.69, 9.17) is 16.9 Å². The highest BCUT2D eigenvalue weighted by atomic mass is 32.1. The molecule has 0 radical (unpaired) electrons. The molecule has 2 amide bonds. The zero-order chi connectivity index (χ0) is 20.4. The molecule has 0 aliphatic carbocycles. The number of hydrogen-bond donors (Lipinski definition) is 4. The fourth-order valence-corrected chi connectivity index (χ4v) is 4.41. The molecule has 8 nitrogen and oxygen atoms in total. The smallest absolute Gasteiger partial charge is 0.313 e. The molecular formula is C19H24N6O2S. The standard InChI is InChI=1S/C19H24N6O2S/c1-10-3-4-14(15-6-13(21)16(7-20)28-15)25(9-10)19(27)18(26)24-12-5-11(2)17(22)23-8-12/h5-8,10,14,20H,3-4,9,21H2,1-2H3,(H2,22,23)(H,24,26)/t10-,14+/m0/s1. The first-order valence-electron chi connectivity index (χ1n) is 9.04. The number of rotatable bonds is 3. The summed E-state index contributed by atoms with van der Waals surface area (Å²) in [5.74, 6) is -0.615. The van der Waals surface area contributed by atoms with Crippen molar-refractivity contribution in [1.82, 2.24) is 9.88 Å². The average molecular weight is 401 g/mol. The Balaban J connectivity index is 1.81. The molecule has 0 saturated carbocycles. The van der Waals surface area contributed by atoms with Gasteiger partial charge in [-0.3, -0.25) is 9.59 Å². The van der Waals surface area contributed by atoms with E-state index in [1.54, 1.807) is 24.0 Å². The van der Waals surface area contributed by atoms with E-state index in [0.29, 0.717) is 34.5 Å². The molecule has 0 unspecified atom stereocenters. The predicted molar refractivity (Wildman–Crippen MR) is 111 cm³/mol. The van der Waals surface area contributed by atoms with Crippen LogP contribution in [0.15, 0.2) is 18.3 Å². The van der Waals surface area contributed by atoms with Crippen LogP contribution >= 0.6 is 11.3 Å². The van der Waals surface area contributed by atoms with Crippen molar-refractivity contribution < 1.29 is 9.59 Å². The lowest BCUT2D eigenvalue weighted by atomic mass is 9.93. The molecule has 2 atom stereocenters. The molecule has 28 heavy (non-hydrogen) atoms. The summed E-state index contributed by atoms with van der Waals surface area (Å²) in [4.78, 5) is 32.7. The van der Waals surface area contributed by atoms with Gasteiger partial charge in [-0.25, -0.2) is 4.98 Å². The highest BCUT2D eigenvalue weighted by Crippen LogP contribution is 2.38. The van der Waals surface area contributed by atoms with E-state index in [-0.39, 0.29) is 6.04 Å². The van der Waals surface area contributed by atoms with Gasteiger partial charge in [0.2, 0.25) is 0 Å². The summed E-state index contributed by atoms with van der Waals surface area (Å²) >= 11 is 1.39. The number of pyridine rings is 1. The van der Waals surface area contributed by atoms with Crippen LogP contribution in [0.5, 0.6) is 0 Å². The van der Waals surface area contributed by atoms with E-state index < -0.39 is 11.8 Å². The molecule has 1 saturated heterocycles. The molecule has 9 heteroatoms. The van der Waals surface area contributed by atoms with Crippen molar-refractivity contribution in [2.45, 2.75) is 32.7 Å². The fraction of sp³-hybridized carbons (Fsp3) is 0.368. The molecular weight excluding hydrogens is 376 g/mol. The number of piperidine rings is 1. The third-order valence-corrected chi connectivity index (χ3v) is 6.12. The van der Waals surface area contributed by atoms with Crippen molar-refractivity contribution in [3.8, 4) is 0 Å². The quantitative estimate of drug-likeness (QED) is 0.463. The summed E-state index contributed by atoms with van der Waals surface area (Å²) in [7, 11) is 0. The van der Waals surface area contributed by atoms with Gasteiger partial charge in [-0.05, 0) is 43.4 Å². The zero-order valence-corrected chi connectivity index (χ0v) is 16.7. The molecule has 0 spiro atoms. The molecule has 3 rings (SSSR count). The Morgan fingerprint density at radius 3 is 2.75 bits per heavy atom. The van der Waals surface area contributed by atoms with Crippen molar-refractivity contribution >= 4 is 46.6 Å². The number of nitrogen functional groups attached to an aromatic ring is 2. The van der Waals surface area contributed by atoms with Crippen molar-refractivity contribution in [1.29, 1.82) is 5.41 Å². The number of hydrogen-bond acceptors (Lipinski definition) is 7. The minimum absolute atomic E-state index is 0.221. The second-order valence-corrected chi connectivity index (χ2v) is 8.26. The number of amides is 2. The molecule has 1 fully saturated rings. The molecule has 1 aliphatic heterocycles. The Hall–Kier alpha value is -2.94. The van der Waals surface area contributed by atoms with E-state index in [1.165, 1.54) is 23.7 Å². The number of likely N-dealkylation sites (tertiary alicyclic amines) is 1. The summed E-state index contributed by atoms with van der Waals surface area (Å²) in [6, 6.07) is 3.26. The molecule has 1 aliphatic rings. The van der Waals surface area contributed by atoms with Crippen LogP contribution in [0.4, 0.5) is 17.2 Å². The molecule has 6 N–H and O–H groups in total. The van der Waals surface area contributed by atoms with Crippen molar-refractivity contribution in [3.05, 3.63) is 33.6 Å². The van der Waals surface area contributed by atoms with Crippen LogP contribution < -0.4 is 16.8 Å².